The Morgan fingerprint density at radius 2 is 2.07 bits per heavy atom. The number of aromatic nitrogens is 5. The number of benzene rings is 1. The maximum absolute atomic E-state index is 13.8. The highest BCUT2D eigenvalue weighted by Gasteiger charge is 2.40. The molecule has 4 heterocycles. The Morgan fingerprint density at radius 3 is 2.76 bits per heavy atom. The predicted octanol–water partition coefficient (Wildman–Crippen LogP) is 2.55. The van der Waals surface area contributed by atoms with Gasteiger partial charge in [-0.1, -0.05) is 35.0 Å². The van der Waals surface area contributed by atoms with E-state index < -0.39 is 12.5 Å². The normalized spacial score (nSPS) is 18.9. The number of halogens is 3. The molecule has 1 aromatic carbocycles. The van der Waals surface area contributed by atoms with Crippen LogP contribution in [0, 0.1) is 0 Å². The van der Waals surface area contributed by atoms with Crippen molar-refractivity contribution < 1.29 is 18.3 Å². The quantitative estimate of drug-likeness (QED) is 0.625. The summed E-state index contributed by atoms with van der Waals surface area (Å²) in [6, 6.07) is 7.47. The van der Waals surface area contributed by atoms with Crippen molar-refractivity contribution in [1.29, 1.82) is 0 Å². The number of alkyl halides is 2. The van der Waals surface area contributed by atoms with E-state index in [4.69, 9.17) is 21.1 Å². The monoisotopic (exact) mass is 422 g/mol. The number of rotatable bonds is 5. The molecule has 0 amide bonds. The second-order valence-corrected chi connectivity index (χ2v) is 7.55. The van der Waals surface area contributed by atoms with Crippen LogP contribution >= 0.6 is 11.6 Å². The third kappa shape index (κ3) is 3.58. The molecule has 11 heteroatoms. The van der Waals surface area contributed by atoms with Crippen molar-refractivity contribution in [1.82, 2.24) is 25.0 Å². The number of anilines is 1. The van der Waals surface area contributed by atoms with Gasteiger partial charge in [0, 0.05) is 18.0 Å². The lowest BCUT2D eigenvalue weighted by atomic mass is 10.2. The van der Waals surface area contributed by atoms with E-state index in [0.29, 0.717) is 41.8 Å². The SMILES string of the molecule is FC1(F)CCN(c2nc(OC3COC3)nc3c2nnn3Cc2ccccc2Cl)C1. The molecule has 0 aliphatic carbocycles. The van der Waals surface area contributed by atoms with Crippen LogP contribution in [0.4, 0.5) is 14.6 Å². The predicted molar refractivity (Wildman–Crippen MR) is 101 cm³/mol. The second kappa shape index (κ2) is 7.03. The zero-order chi connectivity index (χ0) is 20.0. The smallest absolute Gasteiger partial charge is 0.321 e. The Morgan fingerprint density at radius 1 is 1.24 bits per heavy atom. The Balaban J connectivity index is 1.56. The van der Waals surface area contributed by atoms with E-state index in [1.807, 2.05) is 18.2 Å². The van der Waals surface area contributed by atoms with Crippen molar-refractivity contribution in [2.24, 2.45) is 0 Å². The maximum atomic E-state index is 13.8. The van der Waals surface area contributed by atoms with Gasteiger partial charge in [-0.05, 0) is 11.6 Å². The molecule has 152 valence electrons. The number of fused-ring (bicyclic) bond motifs is 1. The molecule has 5 rings (SSSR count). The van der Waals surface area contributed by atoms with Gasteiger partial charge in [0.2, 0.25) is 0 Å². The van der Waals surface area contributed by atoms with Gasteiger partial charge in [0.25, 0.3) is 5.92 Å². The molecule has 0 spiro atoms. The Kier molecular flexibility index (Phi) is 4.47. The summed E-state index contributed by atoms with van der Waals surface area (Å²) in [6.07, 6.45) is -0.396. The molecule has 2 aliphatic heterocycles. The van der Waals surface area contributed by atoms with Crippen molar-refractivity contribution in [3.8, 4) is 6.01 Å². The molecule has 0 bridgehead atoms. The first kappa shape index (κ1) is 18.4. The fourth-order valence-corrected chi connectivity index (χ4v) is 3.53. The lowest BCUT2D eigenvalue weighted by Gasteiger charge is -2.26. The lowest BCUT2D eigenvalue weighted by molar-refractivity contribution is -0.0829. The zero-order valence-electron chi connectivity index (χ0n) is 15.3. The van der Waals surface area contributed by atoms with Crippen molar-refractivity contribution >= 4 is 28.6 Å². The highest BCUT2D eigenvalue weighted by Crippen LogP contribution is 2.34. The summed E-state index contributed by atoms with van der Waals surface area (Å²) in [5.41, 5.74) is 1.59. The summed E-state index contributed by atoms with van der Waals surface area (Å²) in [4.78, 5) is 10.3. The average Bonchev–Trinajstić information content (AvgIpc) is 3.23. The number of hydrogen-bond donors (Lipinski definition) is 0. The molecule has 2 aromatic heterocycles. The van der Waals surface area contributed by atoms with Gasteiger partial charge in [0.1, 0.15) is 6.10 Å². The van der Waals surface area contributed by atoms with Gasteiger partial charge < -0.3 is 14.4 Å². The van der Waals surface area contributed by atoms with Crippen LogP contribution < -0.4 is 9.64 Å². The Hall–Kier alpha value is -2.59. The molecule has 3 aromatic rings. The summed E-state index contributed by atoms with van der Waals surface area (Å²) in [6.45, 7) is 0.949. The Bertz CT molecular complexity index is 1060. The van der Waals surface area contributed by atoms with Gasteiger partial charge in [-0.25, -0.2) is 13.5 Å². The van der Waals surface area contributed by atoms with Crippen LogP contribution in [0.15, 0.2) is 24.3 Å². The largest absolute Gasteiger partial charge is 0.455 e. The minimum Gasteiger partial charge on any atom is -0.455 e. The van der Waals surface area contributed by atoms with Crippen LogP contribution in [-0.2, 0) is 11.3 Å². The van der Waals surface area contributed by atoms with Crippen molar-refractivity contribution in [3.05, 3.63) is 34.9 Å². The summed E-state index contributed by atoms with van der Waals surface area (Å²) in [7, 11) is 0. The van der Waals surface area contributed by atoms with Gasteiger partial charge in [0.05, 0.1) is 26.3 Å². The number of hydrogen-bond acceptors (Lipinski definition) is 7. The fraction of sp³-hybridized carbons (Fsp3) is 0.444. The first-order chi connectivity index (χ1) is 14.0. The van der Waals surface area contributed by atoms with Gasteiger partial charge >= 0.3 is 6.01 Å². The van der Waals surface area contributed by atoms with E-state index in [9.17, 15) is 8.78 Å². The first-order valence-electron chi connectivity index (χ1n) is 9.20. The summed E-state index contributed by atoms with van der Waals surface area (Å²) < 4.78 is 40.0. The maximum Gasteiger partial charge on any atom is 0.321 e. The van der Waals surface area contributed by atoms with Gasteiger partial charge in [0.15, 0.2) is 17.0 Å². The third-order valence-corrected chi connectivity index (χ3v) is 5.32. The molecule has 0 N–H and O–H groups in total. The lowest BCUT2D eigenvalue weighted by Crippen LogP contribution is -2.39. The van der Waals surface area contributed by atoms with Crippen molar-refractivity contribution in [2.75, 3.05) is 31.2 Å². The van der Waals surface area contributed by atoms with E-state index in [2.05, 4.69) is 20.3 Å². The van der Waals surface area contributed by atoms with Crippen LogP contribution in [0.5, 0.6) is 6.01 Å². The van der Waals surface area contributed by atoms with Gasteiger partial charge in [-0.3, -0.25) is 0 Å². The molecule has 0 saturated carbocycles. The molecule has 0 radical (unpaired) electrons. The molecular formula is C18H17ClF2N6O2. The van der Waals surface area contributed by atoms with Gasteiger partial charge in [-0.15, -0.1) is 5.10 Å². The van der Waals surface area contributed by atoms with Crippen LogP contribution in [0.3, 0.4) is 0 Å². The number of nitrogens with zero attached hydrogens (tertiary/aromatic N) is 6. The Labute approximate surface area is 169 Å². The molecule has 0 unspecified atom stereocenters. The van der Waals surface area contributed by atoms with Crippen LogP contribution in [0.1, 0.15) is 12.0 Å². The van der Waals surface area contributed by atoms with E-state index in [1.54, 1.807) is 10.7 Å². The van der Waals surface area contributed by atoms with Crippen molar-refractivity contribution in [3.63, 3.8) is 0 Å². The molecule has 2 fully saturated rings. The molecule has 2 saturated heterocycles. The van der Waals surface area contributed by atoms with E-state index >= 15 is 0 Å². The molecular weight excluding hydrogens is 406 g/mol. The summed E-state index contributed by atoms with van der Waals surface area (Å²) in [5.74, 6) is -2.47. The third-order valence-electron chi connectivity index (χ3n) is 4.95. The minimum atomic E-state index is -2.77. The topological polar surface area (TPSA) is 78.2 Å². The van der Waals surface area contributed by atoms with E-state index in [1.165, 1.54) is 4.90 Å². The van der Waals surface area contributed by atoms with Crippen molar-refractivity contribution in [2.45, 2.75) is 25.0 Å². The summed E-state index contributed by atoms with van der Waals surface area (Å²) in [5, 5.41) is 8.93. The van der Waals surface area contributed by atoms with E-state index in [0.717, 1.165) is 5.56 Å². The average molecular weight is 423 g/mol. The van der Waals surface area contributed by atoms with E-state index in [-0.39, 0.29) is 25.1 Å². The van der Waals surface area contributed by atoms with Crippen LogP contribution in [0.2, 0.25) is 5.02 Å². The van der Waals surface area contributed by atoms with Crippen LogP contribution in [-0.4, -0.2) is 63.3 Å². The highest BCUT2D eigenvalue weighted by molar-refractivity contribution is 6.31. The molecule has 8 nitrogen and oxygen atoms in total. The first-order valence-corrected chi connectivity index (χ1v) is 9.58. The zero-order valence-corrected chi connectivity index (χ0v) is 16.0. The van der Waals surface area contributed by atoms with Gasteiger partial charge in [-0.2, -0.15) is 9.97 Å². The standard InChI is InChI=1S/C18H17ClF2N6O2/c19-13-4-2-1-3-11(13)7-27-16-14(24-25-27)15(26-6-5-18(20,21)10-26)22-17(23-16)29-12-8-28-9-12/h1-4,12H,5-10H2. The molecule has 29 heavy (non-hydrogen) atoms. The number of ether oxygens (including phenoxy) is 2. The second-order valence-electron chi connectivity index (χ2n) is 7.15. The summed E-state index contributed by atoms with van der Waals surface area (Å²) >= 11 is 6.26. The molecule has 0 atom stereocenters. The minimum absolute atomic E-state index is 0.0960. The highest BCUT2D eigenvalue weighted by atomic mass is 35.5. The van der Waals surface area contributed by atoms with Crippen LogP contribution in [0.25, 0.3) is 11.2 Å². The fourth-order valence-electron chi connectivity index (χ4n) is 3.34. The molecule has 2 aliphatic rings.